The van der Waals surface area contributed by atoms with Crippen molar-refractivity contribution < 1.29 is 4.79 Å². The molecule has 1 rings (SSSR count). The van der Waals surface area contributed by atoms with Gasteiger partial charge in [0.15, 0.2) is 5.78 Å². The Hall–Kier alpha value is -1.14. The lowest BCUT2D eigenvalue weighted by molar-refractivity contribution is 0.101. The third-order valence-electron chi connectivity index (χ3n) is 1.81. The molecule has 2 nitrogen and oxygen atoms in total. The maximum Gasteiger partial charge on any atom is 0.160 e. The molecule has 0 amide bonds. The Kier molecular flexibility index (Phi) is 2.84. The molecule has 3 heteroatoms. The maximum atomic E-state index is 11.1. The zero-order valence-corrected chi connectivity index (χ0v) is 8.97. The van der Waals surface area contributed by atoms with Crippen LogP contribution in [0.4, 0.5) is 0 Å². The first kappa shape index (κ1) is 9.94. The molecule has 0 aliphatic heterocycles. The van der Waals surface area contributed by atoms with E-state index >= 15 is 0 Å². The van der Waals surface area contributed by atoms with Gasteiger partial charge in [-0.15, -0.1) is 0 Å². The summed E-state index contributed by atoms with van der Waals surface area (Å²) in [6, 6.07) is 5.44. The molecule has 0 atom stereocenters. The van der Waals surface area contributed by atoms with E-state index in [4.69, 9.17) is 5.26 Å². The number of Topliss-reactive ketones (excluding diaryl/α,β-unsaturated/α-hetero) is 1. The lowest BCUT2D eigenvalue weighted by Crippen LogP contribution is -1.97. The number of nitriles is 1. The van der Waals surface area contributed by atoms with E-state index in [2.05, 4.69) is 15.9 Å². The Labute approximate surface area is 85.3 Å². The number of ketones is 1. The molecule has 1 aromatic carbocycles. The van der Waals surface area contributed by atoms with E-state index in [1.54, 1.807) is 12.1 Å². The topological polar surface area (TPSA) is 40.9 Å². The maximum absolute atomic E-state index is 11.1. The van der Waals surface area contributed by atoms with Crippen molar-refractivity contribution in [2.45, 2.75) is 13.8 Å². The van der Waals surface area contributed by atoms with Crippen LogP contribution in [0.25, 0.3) is 0 Å². The smallest absolute Gasteiger partial charge is 0.160 e. The van der Waals surface area contributed by atoms with E-state index in [9.17, 15) is 4.79 Å². The molecule has 0 bridgehead atoms. The molecule has 0 aliphatic carbocycles. The van der Waals surface area contributed by atoms with Crippen molar-refractivity contribution in [1.29, 1.82) is 5.26 Å². The standard InChI is InChI=1S/C10H8BrNO/c1-6-3-8(5-12)10(11)4-9(6)7(2)13/h3-4H,1-2H3. The van der Waals surface area contributed by atoms with Crippen LogP contribution in [-0.2, 0) is 0 Å². The summed E-state index contributed by atoms with van der Waals surface area (Å²) in [6.45, 7) is 3.34. The molecular weight excluding hydrogens is 230 g/mol. The van der Waals surface area contributed by atoms with Gasteiger partial charge in [-0.25, -0.2) is 0 Å². The molecule has 13 heavy (non-hydrogen) atoms. The zero-order chi connectivity index (χ0) is 10.0. The van der Waals surface area contributed by atoms with Gasteiger partial charge in [-0.05, 0) is 47.5 Å². The summed E-state index contributed by atoms with van der Waals surface area (Å²) in [5, 5.41) is 8.71. The fourth-order valence-corrected chi connectivity index (χ4v) is 1.58. The summed E-state index contributed by atoms with van der Waals surface area (Å²) >= 11 is 3.24. The van der Waals surface area contributed by atoms with Crippen molar-refractivity contribution in [2.75, 3.05) is 0 Å². The highest BCUT2D eigenvalue weighted by molar-refractivity contribution is 9.10. The van der Waals surface area contributed by atoms with Crippen LogP contribution in [0, 0.1) is 18.3 Å². The van der Waals surface area contributed by atoms with Crippen molar-refractivity contribution in [2.24, 2.45) is 0 Å². The predicted molar refractivity (Wildman–Crippen MR) is 53.6 cm³/mol. The molecule has 1 aromatic rings. The molecule has 0 radical (unpaired) electrons. The molecule has 0 N–H and O–H groups in total. The summed E-state index contributed by atoms with van der Waals surface area (Å²) in [6.07, 6.45) is 0. The number of nitrogens with zero attached hydrogens (tertiary/aromatic N) is 1. The van der Waals surface area contributed by atoms with E-state index in [-0.39, 0.29) is 5.78 Å². The van der Waals surface area contributed by atoms with Crippen LogP contribution in [-0.4, -0.2) is 5.78 Å². The number of rotatable bonds is 1. The predicted octanol–water partition coefficient (Wildman–Crippen LogP) is 2.83. The molecule has 0 saturated heterocycles. The molecule has 0 heterocycles. The average molecular weight is 238 g/mol. The molecule has 66 valence electrons. The van der Waals surface area contributed by atoms with Gasteiger partial charge in [-0.2, -0.15) is 5.26 Å². The average Bonchev–Trinajstić information content (AvgIpc) is 2.07. The lowest BCUT2D eigenvalue weighted by atomic mass is 10.0. The van der Waals surface area contributed by atoms with Crippen LogP contribution in [0.2, 0.25) is 0 Å². The minimum atomic E-state index is 0.0164. The van der Waals surface area contributed by atoms with Crippen LogP contribution < -0.4 is 0 Å². The Bertz CT molecular complexity index is 404. The Morgan fingerprint density at radius 1 is 1.54 bits per heavy atom. The molecule has 0 spiro atoms. The quantitative estimate of drug-likeness (QED) is 0.706. The SMILES string of the molecule is CC(=O)c1cc(Br)c(C#N)cc1C. The molecule has 0 aromatic heterocycles. The van der Waals surface area contributed by atoms with Gasteiger partial charge in [-0.1, -0.05) is 0 Å². The molecule has 0 fully saturated rings. The van der Waals surface area contributed by atoms with E-state index in [0.717, 1.165) is 5.56 Å². The number of aryl methyl sites for hydroxylation is 1. The Balaban J connectivity index is 3.39. The van der Waals surface area contributed by atoms with Crippen LogP contribution >= 0.6 is 15.9 Å². The number of hydrogen-bond acceptors (Lipinski definition) is 2. The number of carbonyl (C=O) groups is 1. The van der Waals surface area contributed by atoms with E-state index in [1.807, 2.05) is 13.0 Å². The van der Waals surface area contributed by atoms with Gasteiger partial charge in [0.25, 0.3) is 0 Å². The van der Waals surface area contributed by atoms with Gasteiger partial charge >= 0.3 is 0 Å². The summed E-state index contributed by atoms with van der Waals surface area (Å²) in [5.74, 6) is 0.0164. The third-order valence-corrected chi connectivity index (χ3v) is 2.47. The Morgan fingerprint density at radius 2 is 2.15 bits per heavy atom. The minimum Gasteiger partial charge on any atom is -0.295 e. The second kappa shape index (κ2) is 3.71. The highest BCUT2D eigenvalue weighted by Gasteiger charge is 2.07. The second-order valence-electron chi connectivity index (χ2n) is 2.81. The largest absolute Gasteiger partial charge is 0.295 e. The third kappa shape index (κ3) is 1.96. The van der Waals surface area contributed by atoms with Crippen molar-refractivity contribution in [3.8, 4) is 6.07 Å². The first-order valence-electron chi connectivity index (χ1n) is 3.77. The zero-order valence-electron chi connectivity index (χ0n) is 7.39. The van der Waals surface area contributed by atoms with Crippen LogP contribution in [0.3, 0.4) is 0 Å². The van der Waals surface area contributed by atoms with Gasteiger partial charge in [0.05, 0.1) is 5.56 Å². The highest BCUT2D eigenvalue weighted by Crippen LogP contribution is 2.21. The van der Waals surface area contributed by atoms with Gasteiger partial charge in [-0.3, -0.25) is 4.79 Å². The van der Waals surface area contributed by atoms with Crippen LogP contribution in [0.15, 0.2) is 16.6 Å². The summed E-state index contributed by atoms with van der Waals surface area (Å²) in [5.41, 5.74) is 2.06. The van der Waals surface area contributed by atoms with Crippen molar-refractivity contribution in [1.82, 2.24) is 0 Å². The summed E-state index contributed by atoms with van der Waals surface area (Å²) < 4.78 is 0.672. The van der Waals surface area contributed by atoms with Gasteiger partial charge in [0, 0.05) is 10.0 Å². The fourth-order valence-electron chi connectivity index (χ4n) is 1.15. The number of benzene rings is 1. The highest BCUT2D eigenvalue weighted by atomic mass is 79.9. The fraction of sp³-hybridized carbons (Fsp3) is 0.200. The number of hydrogen-bond donors (Lipinski definition) is 0. The van der Waals surface area contributed by atoms with Crippen molar-refractivity contribution >= 4 is 21.7 Å². The van der Waals surface area contributed by atoms with Crippen molar-refractivity contribution in [3.05, 3.63) is 33.3 Å². The van der Waals surface area contributed by atoms with Crippen LogP contribution in [0.5, 0.6) is 0 Å². The molecule has 0 saturated carbocycles. The minimum absolute atomic E-state index is 0.0164. The first-order valence-corrected chi connectivity index (χ1v) is 4.56. The Morgan fingerprint density at radius 3 is 2.62 bits per heavy atom. The first-order chi connectivity index (χ1) is 6.06. The van der Waals surface area contributed by atoms with E-state index in [1.165, 1.54) is 6.92 Å². The number of halogens is 1. The summed E-state index contributed by atoms with van der Waals surface area (Å²) in [7, 11) is 0. The molecule has 0 unspecified atom stereocenters. The lowest BCUT2D eigenvalue weighted by Gasteiger charge is -2.03. The monoisotopic (exact) mass is 237 g/mol. The van der Waals surface area contributed by atoms with Gasteiger partial charge in [0.1, 0.15) is 6.07 Å². The van der Waals surface area contributed by atoms with Crippen LogP contribution in [0.1, 0.15) is 28.4 Å². The van der Waals surface area contributed by atoms with E-state index in [0.29, 0.717) is 15.6 Å². The van der Waals surface area contributed by atoms with Gasteiger partial charge < -0.3 is 0 Å². The second-order valence-corrected chi connectivity index (χ2v) is 3.67. The van der Waals surface area contributed by atoms with Crippen molar-refractivity contribution in [3.63, 3.8) is 0 Å². The normalized spacial score (nSPS) is 9.38. The summed E-state index contributed by atoms with van der Waals surface area (Å²) in [4.78, 5) is 11.1. The van der Waals surface area contributed by atoms with E-state index < -0.39 is 0 Å². The molecular formula is C10H8BrNO. The van der Waals surface area contributed by atoms with Gasteiger partial charge in [0.2, 0.25) is 0 Å². The molecule has 0 aliphatic rings. The number of carbonyl (C=O) groups excluding carboxylic acids is 1.